The Morgan fingerprint density at radius 2 is 2.32 bits per heavy atom. The van der Waals surface area contributed by atoms with E-state index in [1.165, 1.54) is 24.5 Å². The van der Waals surface area contributed by atoms with Gasteiger partial charge in [-0.15, -0.1) is 0 Å². The van der Waals surface area contributed by atoms with Crippen LogP contribution in [0.4, 0.5) is 5.69 Å². The number of nitro groups is 1. The van der Waals surface area contributed by atoms with Gasteiger partial charge in [0.1, 0.15) is 12.2 Å². The Bertz CT molecular complexity index is 614. The van der Waals surface area contributed by atoms with Crippen LogP contribution in [0.1, 0.15) is 16.2 Å². The Balaban J connectivity index is 2.14. The van der Waals surface area contributed by atoms with Crippen molar-refractivity contribution < 1.29 is 9.72 Å². The van der Waals surface area contributed by atoms with Crippen LogP contribution in [0.25, 0.3) is 0 Å². The summed E-state index contributed by atoms with van der Waals surface area (Å²) in [5, 5.41) is 19.5. The molecular weight excluding hydrogens is 318 g/mol. The van der Waals surface area contributed by atoms with Crippen molar-refractivity contribution >= 4 is 27.5 Å². The predicted molar refractivity (Wildman–Crippen MR) is 68.3 cm³/mol. The van der Waals surface area contributed by atoms with Gasteiger partial charge in [-0.1, -0.05) is 0 Å². The third kappa shape index (κ3) is 3.13. The lowest BCUT2D eigenvalue weighted by Crippen LogP contribution is -2.23. The fourth-order valence-corrected chi connectivity index (χ4v) is 1.80. The Hall–Kier alpha value is -2.29. The molecule has 0 saturated carbocycles. The van der Waals surface area contributed by atoms with Gasteiger partial charge < -0.3 is 5.32 Å². The number of amides is 1. The van der Waals surface area contributed by atoms with Crippen LogP contribution in [0.15, 0.2) is 29.0 Å². The smallest absolute Gasteiger partial charge is 0.270 e. The molecule has 0 aliphatic carbocycles. The second-order valence-corrected chi connectivity index (χ2v) is 4.39. The summed E-state index contributed by atoms with van der Waals surface area (Å²) in [6, 6.07) is 3.98. The van der Waals surface area contributed by atoms with Gasteiger partial charge in [-0.25, -0.2) is 4.98 Å². The number of halogens is 1. The minimum absolute atomic E-state index is 0.145. The number of nitrogens with one attached hydrogen (secondary N) is 2. The average Bonchev–Trinajstić information content (AvgIpc) is 2.89. The van der Waals surface area contributed by atoms with Gasteiger partial charge in [-0.2, -0.15) is 5.10 Å². The van der Waals surface area contributed by atoms with Crippen molar-refractivity contribution in [1.82, 2.24) is 20.5 Å². The quantitative estimate of drug-likeness (QED) is 0.651. The van der Waals surface area contributed by atoms with Crippen LogP contribution in [0, 0.1) is 10.1 Å². The SMILES string of the molecule is O=C(NCc1ncn[nH]1)c1cc([N+](=O)[O-])ccc1Br. The molecule has 98 valence electrons. The van der Waals surface area contributed by atoms with E-state index in [0.29, 0.717) is 10.3 Å². The zero-order chi connectivity index (χ0) is 13.8. The molecule has 0 unspecified atom stereocenters. The zero-order valence-electron chi connectivity index (χ0n) is 9.46. The van der Waals surface area contributed by atoms with E-state index >= 15 is 0 Å². The van der Waals surface area contributed by atoms with Gasteiger partial charge in [0.05, 0.1) is 17.0 Å². The molecule has 0 saturated heterocycles. The first-order valence-corrected chi connectivity index (χ1v) is 5.93. The minimum atomic E-state index is -0.556. The van der Waals surface area contributed by atoms with Gasteiger partial charge in [0, 0.05) is 16.6 Å². The molecule has 2 rings (SSSR count). The lowest BCUT2D eigenvalue weighted by molar-refractivity contribution is -0.384. The number of hydrogen-bond donors (Lipinski definition) is 2. The van der Waals surface area contributed by atoms with Gasteiger partial charge in [0.15, 0.2) is 0 Å². The highest BCUT2D eigenvalue weighted by molar-refractivity contribution is 9.10. The molecule has 19 heavy (non-hydrogen) atoms. The molecule has 1 heterocycles. The first-order chi connectivity index (χ1) is 9.08. The molecule has 0 spiro atoms. The van der Waals surface area contributed by atoms with Crippen LogP contribution in [0.5, 0.6) is 0 Å². The van der Waals surface area contributed by atoms with Crippen LogP contribution in [0.3, 0.4) is 0 Å². The van der Waals surface area contributed by atoms with Crippen molar-refractivity contribution in [2.75, 3.05) is 0 Å². The van der Waals surface area contributed by atoms with E-state index < -0.39 is 10.8 Å². The summed E-state index contributed by atoms with van der Waals surface area (Å²) in [4.78, 5) is 25.9. The second kappa shape index (κ2) is 5.57. The fraction of sp³-hybridized carbons (Fsp3) is 0.100. The normalized spacial score (nSPS) is 10.2. The van der Waals surface area contributed by atoms with Gasteiger partial charge in [0.25, 0.3) is 11.6 Å². The van der Waals surface area contributed by atoms with Crippen molar-refractivity contribution in [1.29, 1.82) is 0 Å². The molecule has 9 heteroatoms. The highest BCUT2D eigenvalue weighted by atomic mass is 79.9. The average molecular weight is 326 g/mol. The first kappa shape index (κ1) is 13.1. The molecule has 8 nitrogen and oxygen atoms in total. The largest absolute Gasteiger partial charge is 0.345 e. The molecule has 0 atom stereocenters. The van der Waals surface area contributed by atoms with Crippen LogP contribution < -0.4 is 5.32 Å². The summed E-state index contributed by atoms with van der Waals surface area (Å²) < 4.78 is 0.480. The monoisotopic (exact) mass is 325 g/mol. The number of non-ortho nitro benzene ring substituents is 1. The van der Waals surface area contributed by atoms with E-state index in [9.17, 15) is 14.9 Å². The van der Waals surface area contributed by atoms with Gasteiger partial charge in [-0.3, -0.25) is 20.0 Å². The number of nitrogens with zero attached hydrogens (tertiary/aromatic N) is 3. The minimum Gasteiger partial charge on any atom is -0.345 e. The van der Waals surface area contributed by atoms with E-state index in [0.717, 1.165) is 0 Å². The number of H-pyrrole nitrogens is 1. The molecule has 0 aliphatic rings. The zero-order valence-corrected chi connectivity index (χ0v) is 11.0. The number of aromatic nitrogens is 3. The van der Waals surface area contributed by atoms with Gasteiger partial charge >= 0.3 is 0 Å². The summed E-state index contributed by atoms with van der Waals surface area (Å²) in [6.45, 7) is 0.161. The lowest BCUT2D eigenvalue weighted by atomic mass is 10.2. The number of nitro benzene ring substituents is 1. The summed E-state index contributed by atoms with van der Waals surface area (Å²) in [5.41, 5.74) is 0.0433. The van der Waals surface area contributed by atoms with E-state index in [2.05, 4.69) is 36.4 Å². The summed E-state index contributed by atoms with van der Waals surface area (Å²) in [5.74, 6) is 0.0573. The Kier molecular flexibility index (Phi) is 3.85. The van der Waals surface area contributed by atoms with Crippen molar-refractivity contribution in [2.24, 2.45) is 0 Å². The Labute approximate surface area is 115 Å². The summed E-state index contributed by atoms with van der Waals surface area (Å²) in [7, 11) is 0. The maximum Gasteiger partial charge on any atom is 0.270 e. The third-order valence-corrected chi connectivity index (χ3v) is 2.98. The van der Waals surface area contributed by atoms with Gasteiger partial charge in [0.2, 0.25) is 0 Å². The van der Waals surface area contributed by atoms with E-state index in [4.69, 9.17) is 0 Å². The summed E-state index contributed by atoms with van der Waals surface area (Å²) >= 11 is 3.18. The molecule has 0 aliphatic heterocycles. The van der Waals surface area contributed by atoms with Crippen molar-refractivity contribution in [3.63, 3.8) is 0 Å². The van der Waals surface area contributed by atoms with E-state index in [1.807, 2.05) is 0 Å². The first-order valence-electron chi connectivity index (χ1n) is 5.14. The van der Waals surface area contributed by atoms with Crippen molar-refractivity contribution in [2.45, 2.75) is 6.54 Å². The Morgan fingerprint density at radius 3 is 2.95 bits per heavy atom. The van der Waals surface area contributed by atoms with Crippen molar-refractivity contribution in [3.8, 4) is 0 Å². The molecule has 1 aromatic heterocycles. The maximum atomic E-state index is 11.9. The van der Waals surface area contributed by atoms with Crippen LogP contribution in [-0.2, 0) is 6.54 Å². The standard InChI is InChI=1S/C10H8BrN5O3/c11-8-2-1-6(16(18)19)3-7(8)10(17)12-4-9-13-5-14-15-9/h1-3,5H,4H2,(H,12,17)(H,13,14,15). The third-order valence-electron chi connectivity index (χ3n) is 2.29. The second-order valence-electron chi connectivity index (χ2n) is 3.54. The molecule has 1 aromatic carbocycles. The maximum absolute atomic E-state index is 11.9. The number of hydrogen-bond acceptors (Lipinski definition) is 5. The Morgan fingerprint density at radius 1 is 1.53 bits per heavy atom. The van der Waals surface area contributed by atoms with Crippen LogP contribution in [0.2, 0.25) is 0 Å². The summed E-state index contributed by atoms with van der Waals surface area (Å²) in [6.07, 6.45) is 1.32. The van der Waals surface area contributed by atoms with Crippen LogP contribution in [-0.4, -0.2) is 26.0 Å². The number of carbonyl (C=O) groups is 1. The molecule has 0 bridgehead atoms. The molecule has 0 fully saturated rings. The molecule has 1 amide bonds. The molecular formula is C10H8BrN5O3. The molecule has 2 aromatic rings. The number of aromatic amines is 1. The topological polar surface area (TPSA) is 114 Å². The number of carbonyl (C=O) groups excluding carboxylic acids is 1. The lowest BCUT2D eigenvalue weighted by Gasteiger charge is -2.05. The van der Waals surface area contributed by atoms with E-state index in [-0.39, 0.29) is 17.8 Å². The van der Waals surface area contributed by atoms with Crippen molar-refractivity contribution in [3.05, 3.63) is 50.5 Å². The number of rotatable bonds is 4. The fourth-order valence-electron chi connectivity index (χ4n) is 1.38. The highest BCUT2D eigenvalue weighted by Gasteiger charge is 2.15. The van der Waals surface area contributed by atoms with Crippen LogP contribution >= 0.6 is 15.9 Å². The predicted octanol–water partition coefficient (Wildman–Crippen LogP) is 1.41. The van der Waals surface area contributed by atoms with E-state index in [1.54, 1.807) is 0 Å². The molecule has 0 radical (unpaired) electrons. The van der Waals surface area contributed by atoms with Gasteiger partial charge in [-0.05, 0) is 22.0 Å². The molecule has 2 N–H and O–H groups in total. The number of benzene rings is 1. The highest BCUT2D eigenvalue weighted by Crippen LogP contribution is 2.22.